The molecule has 1 saturated heterocycles. The van der Waals surface area contributed by atoms with Gasteiger partial charge in [0.15, 0.2) is 0 Å². The average Bonchev–Trinajstić information content (AvgIpc) is 3.11. The lowest BCUT2D eigenvalue weighted by molar-refractivity contribution is 0.110. The van der Waals surface area contributed by atoms with Crippen molar-refractivity contribution in [3.8, 4) is 5.69 Å². The molecule has 19 heavy (non-hydrogen) atoms. The van der Waals surface area contributed by atoms with Crippen LogP contribution in [-0.2, 0) is 11.3 Å². The lowest BCUT2D eigenvalue weighted by Crippen LogP contribution is -2.25. The van der Waals surface area contributed by atoms with Gasteiger partial charge in [-0.1, -0.05) is 18.2 Å². The summed E-state index contributed by atoms with van der Waals surface area (Å²) in [5.74, 6) is 0. The third-order valence-corrected chi connectivity index (χ3v) is 3.37. The van der Waals surface area contributed by atoms with Crippen LogP contribution < -0.4 is 5.32 Å². The molecule has 1 N–H and O–H groups in total. The van der Waals surface area contributed by atoms with Crippen molar-refractivity contribution < 1.29 is 4.74 Å². The topological polar surface area (TPSA) is 39.1 Å². The van der Waals surface area contributed by atoms with Gasteiger partial charge in [0.1, 0.15) is 0 Å². The van der Waals surface area contributed by atoms with E-state index in [4.69, 9.17) is 4.74 Å². The molecule has 0 spiro atoms. The zero-order valence-corrected chi connectivity index (χ0v) is 11.0. The zero-order chi connectivity index (χ0) is 12.9. The molecule has 0 radical (unpaired) electrons. The van der Waals surface area contributed by atoms with Gasteiger partial charge in [0.05, 0.1) is 17.5 Å². The fraction of sp³-hybridized carbons (Fsp3) is 0.400. The standard InChI is InChI=1S/C15H19N3O/c1-2-5-14(6-3-1)18-9-8-13(17-18)11-16-12-15-7-4-10-19-15/h1-3,5-6,8-9,15-16H,4,7,10-12H2/t15-/m1/s1. The Morgan fingerprint density at radius 3 is 2.95 bits per heavy atom. The molecule has 2 aromatic rings. The minimum absolute atomic E-state index is 0.385. The first-order chi connectivity index (χ1) is 9.42. The molecular formula is C15H19N3O. The molecule has 3 rings (SSSR count). The highest BCUT2D eigenvalue weighted by molar-refractivity contribution is 5.30. The summed E-state index contributed by atoms with van der Waals surface area (Å²) >= 11 is 0. The minimum atomic E-state index is 0.385. The van der Waals surface area contributed by atoms with E-state index < -0.39 is 0 Å². The van der Waals surface area contributed by atoms with Crippen LogP contribution >= 0.6 is 0 Å². The van der Waals surface area contributed by atoms with Crippen molar-refractivity contribution in [3.05, 3.63) is 48.3 Å². The van der Waals surface area contributed by atoms with E-state index in [1.54, 1.807) is 0 Å². The van der Waals surface area contributed by atoms with Gasteiger partial charge in [-0.3, -0.25) is 0 Å². The fourth-order valence-electron chi connectivity index (χ4n) is 2.35. The Hall–Kier alpha value is -1.65. The van der Waals surface area contributed by atoms with Crippen molar-refractivity contribution in [2.45, 2.75) is 25.5 Å². The molecule has 0 saturated carbocycles. The van der Waals surface area contributed by atoms with E-state index >= 15 is 0 Å². The number of nitrogens with one attached hydrogen (secondary N) is 1. The van der Waals surface area contributed by atoms with Crippen LogP contribution in [0.4, 0.5) is 0 Å². The summed E-state index contributed by atoms with van der Waals surface area (Å²) in [6.45, 7) is 2.62. The van der Waals surface area contributed by atoms with Crippen molar-refractivity contribution in [1.29, 1.82) is 0 Å². The highest BCUT2D eigenvalue weighted by atomic mass is 16.5. The fourth-order valence-corrected chi connectivity index (χ4v) is 2.35. The largest absolute Gasteiger partial charge is 0.377 e. The summed E-state index contributed by atoms with van der Waals surface area (Å²) in [5, 5.41) is 7.97. The van der Waals surface area contributed by atoms with Crippen LogP contribution in [0.5, 0.6) is 0 Å². The molecule has 1 fully saturated rings. The Morgan fingerprint density at radius 2 is 2.16 bits per heavy atom. The molecular weight excluding hydrogens is 238 g/mol. The maximum atomic E-state index is 5.58. The summed E-state index contributed by atoms with van der Waals surface area (Å²) < 4.78 is 7.48. The third kappa shape index (κ3) is 3.22. The Labute approximate surface area is 113 Å². The number of aromatic nitrogens is 2. The molecule has 1 aliphatic heterocycles. The van der Waals surface area contributed by atoms with Crippen LogP contribution in [0, 0.1) is 0 Å². The zero-order valence-electron chi connectivity index (χ0n) is 11.0. The summed E-state index contributed by atoms with van der Waals surface area (Å²) in [4.78, 5) is 0. The van der Waals surface area contributed by atoms with Gasteiger partial charge >= 0.3 is 0 Å². The van der Waals surface area contributed by atoms with E-state index in [9.17, 15) is 0 Å². The lowest BCUT2D eigenvalue weighted by atomic mass is 10.2. The molecule has 2 heterocycles. The van der Waals surface area contributed by atoms with E-state index in [2.05, 4.69) is 28.6 Å². The molecule has 1 atom stereocenters. The van der Waals surface area contributed by atoms with E-state index in [1.165, 1.54) is 12.8 Å². The number of para-hydroxylation sites is 1. The Bertz CT molecular complexity index is 503. The SMILES string of the molecule is c1ccc(-n2ccc(CNC[C@H]3CCCO3)n2)cc1. The van der Waals surface area contributed by atoms with Gasteiger partial charge in [-0.2, -0.15) is 5.10 Å². The second-order valence-electron chi connectivity index (χ2n) is 4.85. The molecule has 0 aliphatic carbocycles. The first kappa shape index (κ1) is 12.4. The maximum absolute atomic E-state index is 5.58. The normalized spacial score (nSPS) is 18.8. The number of nitrogens with zero attached hydrogens (tertiary/aromatic N) is 2. The van der Waals surface area contributed by atoms with Gasteiger partial charge in [-0.25, -0.2) is 4.68 Å². The van der Waals surface area contributed by atoms with E-state index in [1.807, 2.05) is 29.1 Å². The molecule has 1 aliphatic rings. The molecule has 4 heteroatoms. The van der Waals surface area contributed by atoms with E-state index in [-0.39, 0.29) is 0 Å². The first-order valence-corrected chi connectivity index (χ1v) is 6.84. The third-order valence-electron chi connectivity index (χ3n) is 3.37. The van der Waals surface area contributed by atoms with E-state index in [0.717, 1.165) is 31.1 Å². The molecule has 0 bridgehead atoms. The lowest BCUT2D eigenvalue weighted by Gasteiger charge is -2.09. The van der Waals surface area contributed by atoms with Gasteiger partial charge in [0, 0.05) is 25.9 Å². The quantitative estimate of drug-likeness (QED) is 0.892. The van der Waals surface area contributed by atoms with Gasteiger partial charge in [0.25, 0.3) is 0 Å². The van der Waals surface area contributed by atoms with E-state index in [0.29, 0.717) is 6.10 Å². The summed E-state index contributed by atoms with van der Waals surface area (Å²) in [6.07, 6.45) is 4.75. The highest BCUT2D eigenvalue weighted by Crippen LogP contribution is 2.11. The Balaban J connectivity index is 1.53. The molecule has 0 unspecified atom stereocenters. The summed E-state index contributed by atoms with van der Waals surface area (Å²) in [7, 11) is 0. The predicted molar refractivity (Wildman–Crippen MR) is 74.2 cm³/mol. The van der Waals surface area contributed by atoms with Gasteiger partial charge in [0.2, 0.25) is 0 Å². The second kappa shape index (κ2) is 5.99. The molecule has 1 aromatic heterocycles. The molecule has 0 amide bonds. The second-order valence-corrected chi connectivity index (χ2v) is 4.85. The smallest absolute Gasteiger partial charge is 0.0766 e. The van der Waals surface area contributed by atoms with Gasteiger partial charge in [-0.15, -0.1) is 0 Å². The van der Waals surface area contributed by atoms with Crippen molar-refractivity contribution in [1.82, 2.24) is 15.1 Å². The van der Waals surface area contributed by atoms with Crippen LogP contribution in [0.3, 0.4) is 0 Å². The van der Waals surface area contributed by atoms with Crippen molar-refractivity contribution in [2.24, 2.45) is 0 Å². The minimum Gasteiger partial charge on any atom is -0.377 e. The van der Waals surface area contributed by atoms with Crippen molar-refractivity contribution in [3.63, 3.8) is 0 Å². The summed E-state index contributed by atoms with van der Waals surface area (Å²) in [6, 6.07) is 12.2. The van der Waals surface area contributed by atoms with Crippen LogP contribution in [-0.4, -0.2) is 29.0 Å². The molecule has 100 valence electrons. The van der Waals surface area contributed by atoms with Crippen LogP contribution in [0.1, 0.15) is 18.5 Å². The van der Waals surface area contributed by atoms with Gasteiger partial charge < -0.3 is 10.1 Å². The number of rotatable bonds is 5. The Kier molecular flexibility index (Phi) is 3.91. The average molecular weight is 257 g/mol. The monoisotopic (exact) mass is 257 g/mol. The summed E-state index contributed by atoms with van der Waals surface area (Å²) in [5.41, 5.74) is 2.15. The van der Waals surface area contributed by atoms with Crippen LogP contribution in [0.2, 0.25) is 0 Å². The Morgan fingerprint density at radius 1 is 1.26 bits per heavy atom. The maximum Gasteiger partial charge on any atom is 0.0766 e. The van der Waals surface area contributed by atoms with Crippen LogP contribution in [0.25, 0.3) is 5.69 Å². The number of ether oxygens (including phenoxy) is 1. The van der Waals surface area contributed by atoms with Gasteiger partial charge in [-0.05, 0) is 31.0 Å². The number of hydrogen-bond acceptors (Lipinski definition) is 3. The number of benzene rings is 1. The number of hydrogen-bond donors (Lipinski definition) is 1. The van der Waals surface area contributed by atoms with Crippen molar-refractivity contribution >= 4 is 0 Å². The van der Waals surface area contributed by atoms with Crippen molar-refractivity contribution in [2.75, 3.05) is 13.2 Å². The predicted octanol–water partition coefficient (Wildman–Crippen LogP) is 2.14. The molecule has 1 aromatic carbocycles. The molecule has 4 nitrogen and oxygen atoms in total. The van der Waals surface area contributed by atoms with Crippen LogP contribution in [0.15, 0.2) is 42.6 Å². The highest BCUT2D eigenvalue weighted by Gasteiger charge is 2.14. The first-order valence-electron chi connectivity index (χ1n) is 6.84.